The molecular weight excluding hydrogens is 548 g/mol. The maximum atomic E-state index is 13.2. The van der Waals surface area contributed by atoms with Crippen molar-refractivity contribution < 1.29 is 19.5 Å². The third kappa shape index (κ3) is 4.79. The molecule has 0 radical (unpaired) electrons. The van der Waals surface area contributed by atoms with Crippen molar-refractivity contribution in [2.45, 2.75) is 39.8 Å². The highest BCUT2D eigenvalue weighted by Crippen LogP contribution is 2.43. The third-order valence-corrected chi connectivity index (χ3v) is 7.30. The quantitative estimate of drug-likeness (QED) is 0.287. The average molecular weight is 579 g/mol. The number of anilines is 1. The Kier molecular flexibility index (Phi) is 7.89. The fourth-order valence-corrected chi connectivity index (χ4v) is 5.55. The second-order valence-electron chi connectivity index (χ2n) is 9.42. The van der Waals surface area contributed by atoms with E-state index >= 15 is 0 Å². The van der Waals surface area contributed by atoms with E-state index in [1.807, 2.05) is 75.1 Å². The molecule has 0 spiro atoms. The van der Waals surface area contributed by atoms with Crippen LogP contribution in [0, 0.1) is 0 Å². The van der Waals surface area contributed by atoms with Crippen molar-refractivity contribution in [2.24, 2.45) is 5.73 Å². The minimum Gasteiger partial charge on any atom is -0.478 e. The van der Waals surface area contributed by atoms with Gasteiger partial charge in [0.15, 0.2) is 6.17 Å². The molecule has 0 fully saturated rings. The van der Waals surface area contributed by atoms with Gasteiger partial charge in [0.1, 0.15) is 0 Å². The van der Waals surface area contributed by atoms with Crippen molar-refractivity contribution in [3.63, 3.8) is 0 Å². The minimum absolute atomic E-state index is 0.0873. The number of likely N-dealkylation sites (N-methyl/N-ethyl adjacent to an activating group) is 1. The number of nitrogens with one attached hydrogen (secondary N) is 1. The Labute approximate surface area is 230 Å². The number of hydrogen-bond acceptors (Lipinski definition) is 4. The molecule has 0 aliphatic carbocycles. The zero-order valence-corrected chi connectivity index (χ0v) is 23.4. The molecule has 0 saturated heterocycles. The van der Waals surface area contributed by atoms with Crippen molar-refractivity contribution in [1.82, 2.24) is 9.47 Å². The van der Waals surface area contributed by atoms with Gasteiger partial charge in [-0.1, -0.05) is 74.0 Å². The smallest absolute Gasteiger partial charge is 0.338 e. The van der Waals surface area contributed by atoms with Crippen LogP contribution in [-0.4, -0.2) is 45.4 Å². The molecule has 9 heteroatoms. The van der Waals surface area contributed by atoms with Gasteiger partial charge < -0.3 is 20.7 Å². The average Bonchev–Trinajstić information content (AvgIpc) is 3.37. The fraction of sp³-hybridized carbons (Fsp3) is 0.276. The molecule has 198 valence electrons. The highest BCUT2D eigenvalue weighted by atomic mass is 79.9. The van der Waals surface area contributed by atoms with Gasteiger partial charge >= 0.3 is 5.97 Å². The summed E-state index contributed by atoms with van der Waals surface area (Å²) in [7, 11) is 0. The Morgan fingerprint density at radius 1 is 1.13 bits per heavy atom. The number of primary amides is 1. The topological polar surface area (TPSA) is 118 Å². The Morgan fingerprint density at radius 2 is 1.79 bits per heavy atom. The summed E-state index contributed by atoms with van der Waals surface area (Å²) >= 11 is 3.48. The van der Waals surface area contributed by atoms with E-state index in [4.69, 9.17) is 5.73 Å². The predicted octanol–water partition coefficient (Wildman–Crippen LogP) is 5.56. The number of benzene rings is 2. The molecule has 0 bridgehead atoms. The van der Waals surface area contributed by atoms with Crippen LogP contribution in [0.3, 0.4) is 0 Å². The summed E-state index contributed by atoms with van der Waals surface area (Å²) in [4.78, 5) is 41.0. The van der Waals surface area contributed by atoms with Crippen LogP contribution >= 0.6 is 15.9 Å². The van der Waals surface area contributed by atoms with Crippen molar-refractivity contribution in [2.75, 3.05) is 18.4 Å². The summed E-state index contributed by atoms with van der Waals surface area (Å²) in [5.74, 6) is -2.31. The van der Waals surface area contributed by atoms with Crippen LogP contribution in [0.5, 0.6) is 0 Å². The summed E-state index contributed by atoms with van der Waals surface area (Å²) in [5, 5.41) is 13.4. The van der Waals surface area contributed by atoms with Gasteiger partial charge in [-0.2, -0.15) is 0 Å². The normalized spacial score (nSPS) is 14.7. The number of hydrogen-bond donors (Lipinski definition) is 3. The highest BCUT2D eigenvalue weighted by molar-refractivity contribution is 9.10. The van der Waals surface area contributed by atoms with E-state index in [-0.39, 0.29) is 17.4 Å². The lowest BCUT2D eigenvalue weighted by Crippen LogP contribution is -2.42. The van der Waals surface area contributed by atoms with Gasteiger partial charge in [0, 0.05) is 27.0 Å². The van der Waals surface area contributed by atoms with Crippen LogP contribution in [0.1, 0.15) is 67.1 Å². The van der Waals surface area contributed by atoms with Gasteiger partial charge in [-0.15, -0.1) is 0 Å². The largest absolute Gasteiger partial charge is 0.478 e. The number of aromatic nitrogens is 1. The molecule has 2 heterocycles. The van der Waals surface area contributed by atoms with E-state index in [1.54, 1.807) is 16.7 Å². The number of rotatable bonds is 9. The van der Waals surface area contributed by atoms with E-state index in [1.165, 1.54) is 0 Å². The fourth-order valence-electron chi connectivity index (χ4n) is 5.19. The number of halogens is 1. The third-order valence-electron chi connectivity index (χ3n) is 6.81. The molecule has 8 nitrogen and oxygen atoms in total. The van der Waals surface area contributed by atoms with Crippen LogP contribution < -0.4 is 11.1 Å². The Morgan fingerprint density at radius 3 is 2.34 bits per heavy atom. The van der Waals surface area contributed by atoms with Crippen LogP contribution in [-0.2, 0) is 9.59 Å². The molecule has 0 saturated carbocycles. The number of fused-ring (bicyclic) bond motifs is 1. The Balaban J connectivity index is 2.20. The number of carbonyl (C=O) groups is 3. The number of amides is 2. The van der Waals surface area contributed by atoms with Crippen LogP contribution in [0.15, 0.2) is 53.0 Å². The molecule has 2 amide bonds. The first-order valence-corrected chi connectivity index (χ1v) is 13.3. The molecule has 4 N–H and O–H groups in total. The van der Waals surface area contributed by atoms with Gasteiger partial charge in [-0.25, -0.2) is 4.79 Å². The predicted molar refractivity (Wildman–Crippen MR) is 153 cm³/mol. The molecule has 3 aromatic rings. The maximum Gasteiger partial charge on any atom is 0.338 e. The van der Waals surface area contributed by atoms with Crippen LogP contribution in [0.2, 0.25) is 0 Å². The first-order chi connectivity index (χ1) is 18.1. The highest BCUT2D eigenvalue weighted by Gasteiger charge is 2.36. The lowest BCUT2D eigenvalue weighted by atomic mass is 9.96. The van der Waals surface area contributed by atoms with E-state index in [2.05, 4.69) is 21.2 Å². The standard InChI is InChI=1S/C29H31BrN4O4/c1-5-33(6-2)28(26(31)35)34-22(15-20-19-14-18(30)12-13-21(19)32-27(20)36)23(17-10-8-7-9-11-17)24(29(37)38)25(34)16(3)4/h7-16,28H,5-6H2,1-4H3,(H2,31,35)(H,32,36)(H,37,38). The van der Waals surface area contributed by atoms with E-state index in [0.717, 1.165) is 4.47 Å². The lowest BCUT2D eigenvalue weighted by Gasteiger charge is -2.32. The Bertz CT molecular complexity index is 1440. The molecule has 2 aromatic carbocycles. The second-order valence-corrected chi connectivity index (χ2v) is 10.3. The number of carboxylic acid groups (broad SMARTS) is 1. The van der Waals surface area contributed by atoms with Gasteiger partial charge in [0.05, 0.1) is 16.8 Å². The first kappa shape index (κ1) is 27.3. The minimum atomic E-state index is -1.12. The molecule has 1 atom stereocenters. The lowest BCUT2D eigenvalue weighted by molar-refractivity contribution is -0.126. The summed E-state index contributed by atoms with van der Waals surface area (Å²) in [6.45, 7) is 8.64. The SMILES string of the molecule is CCN(CC)C(C(N)=O)n1c(C=C2C(=O)Nc3ccc(Br)cc32)c(-c2ccccc2)c(C(=O)O)c1C(C)C. The number of aromatic carboxylic acids is 1. The van der Waals surface area contributed by atoms with Crippen molar-refractivity contribution in [3.05, 3.63) is 75.5 Å². The molecule has 1 aliphatic rings. The number of nitrogens with two attached hydrogens (primary N) is 1. The first-order valence-electron chi connectivity index (χ1n) is 12.5. The molecule has 1 unspecified atom stereocenters. The van der Waals surface area contributed by atoms with Gasteiger partial charge in [0.25, 0.3) is 11.8 Å². The van der Waals surface area contributed by atoms with Crippen molar-refractivity contribution in [3.8, 4) is 11.1 Å². The van der Waals surface area contributed by atoms with E-state index in [0.29, 0.717) is 52.4 Å². The van der Waals surface area contributed by atoms with Gasteiger partial charge in [-0.3, -0.25) is 14.5 Å². The van der Waals surface area contributed by atoms with Gasteiger partial charge in [-0.05, 0) is 48.8 Å². The molecule has 1 aromatic heterocycles. The number of carbonyl (C=O) groups excluding carboxylic acids is 2. The molecule has 4 rings (SSSR count). The summed E-state index contributed by atoms with van der Waals surface area (Å²) in [6.07, 6.45) is 0.726. The maximum absolute atomic E-state index is 13.2. The van der Waals surface area contributed by atoms with Crippen molar-refractivity contribution >= 4 is 51.1 Å². The second kappa shape index (κ2) is 11.0. The van der Waals surface area contributed by atoms with E-state index in [9.17, 15) is 19.5 Å². The summed E-state index contributed by atoms with van der Waals surface area (Å²) in [5.41, 5.74) is 9.79. The van der Waals surface area contributed by atoms with Crippen molar-refractivity contribution in [1.29, 1.82) is 0 Å². The number of nitrogens with zero attached hydrogens (tertiary/aromatic N) is 2. The summed E-state index contributed by atoms with van der Waals surface area (Å²) < 4.78 is 2.52. The van der Waals surface area contributed by atoms with Crippen LogP contribution in [0.25, 0.3) is 22.8 Å². The summed E-state index contributed by atoms with van der Waals surface area (Å²) in [6, 6.07) is 14.6. The Hall–Kier alpha value is -3.69. The van der Waals surface area contributed by atoms with E-state index < -0.39 is 18.0 Å². The van der Waals surface area contributed by atoms with Gasteiger partial charge in [0.2, 0.25) is 0 Å². The molecule has 1 aliphatic heterocycles. The zero-order chi connectivity index (χ0) is 27.7. The molecular formula is C29H31BrN4O4. The monoisotopic (exact) mass is 578 g/mol. The number of carboxylic acids is 1. The van der Waals surface area contributed by atoms with Crippen LogP contribution in [0.4, 0.5) is 5.69 Å². The molecule has 38 heavy (non-hydrogen) atoms. The zero-order valence-electron chi connectivity index (χ0n) is 21.8.